The standard InChI is InChI=1S/C23H25N7O5/c31-20(19-2-1-11-34-19)35-18-5-3-17(4-6-18)16-24-28-21-25-22(29-7-12-32-13-8-29)27-23(26-21)30-9-14-33-15-10-30/h1-6,11,16H,7-10,12-15H2,(H,25,26,27,28)/b24-16-. The van der Waals surface area contributed by atoms with Gasteiger partial charge in [0.1, 0.15) is 5.75 Å². The van der Waals surface area contributed by atoms with E-state index in [0.29, 0.717) is 76.2 Å². The second-order valence-corrected chi connectivity index (χ2v) is 7.76. The number of nitrogens with one attached hydrogen (secondary N) is 1. The molecule has 0 atom stereocenters. The molecule has 0 aliphatic carbocycles. The Hall–Kier alpha value is -4.03. The average molecular weight is 479 g/mol. The molecule has 2 aromatic heterocycles. The van der Waals surface area contributed by atoms with Crippen LogP contribution in [0.4, 0.5) is 17.8 Å². The van der Waals surface area contributed by atoms with E-state index in [1.165, 1.54) is 6.26 Å². The molecule has 2 aliphatic heterocycles. The van der Waals surface area contributed by atoms with Crippen molar-refractivity contribution in [2.75, 3.05) is 67.8 Å². The number of hydrogen-bond acceptors (Lipinski definition) is 12. The molecule has 1 aromatic carbocycles. The molecule has 12 heteroatoms. The van der Waals surface area contributed by atoms with Crippen LogP contribution in [0.3, 0.4) is 0 Å². The number of benzene rings is 1. The largest absolute Gasteiger partial charge is 0.457 e. The number of aromatic nitrogens is 3. The number of hydrazone groups is 1. The highest BCUT2D eigenvalue weighted by molar-refractivity contribution is 5.88. The van der Waals surface area contributed by atoms with Crippen molar-refractivity contribution >= 4 is 30.0 Å². The van der Waals surface area contributed by atoms with E-state index in [1.54, 1.807) is 42.6 Å². The summed E-state index contributed by atoms with van der Waals surface area (Å²) >= 11 is 0. The zero-order chi connectivity index (χ0) is 23.9. The Morgan fingerprint density at radius 2 is 1.54 bits per heavy atom. The van der Waals surface area contributed by atoms with Crippen molar-refractivity contribution in [1.29, 1.82) is 0 Å². The minimum atomic E-state index is -0.555. The number of carbonyl (C=O) groups is 1. The van der Waals surface area contributed by atoms with E-state index in [1.807, 2.05) is 0 Å². The van der Waals surface area contributed by atoms with Gasteiger partial charge in [0.05, 0.1) is 38.9 Å². The molecule has 0 radical (unpaired) electrons. The molecule has 0 bridgehead atoms. The fourth-order valence-electron chi connectivity index (χ4n) is 3.55. The van der Waals surface area contributed by atoms with Crippen LogP contribution in [-0.2, 0) is 9.47 Å². The average Bonchev–Trinajstić information content (AvgIpc) is 3.46. The smallest absolute Gasteiger partial charge is 0.379 e. The molecule has 3 aromatic rings. The predicted octanol–water partition coefficient (Wildman–Crippen LogP) is 1.80. The van der Waals surface area contributed by atoms with Crippen LogP contribution in [0.2, 0.25) is 0 Å². The number of furan rings is 1. The minimum Gasteiger partial charge on any atom is -0.457 e. The Morgan fingerprint density at radius 3 is 2.11 bits per heavy atom. The van der Waals surface area contributed by atoms with Crippen molar-refractivity contribution < 1.29 is 23.4 Å². The van der Waals surface area contributed by atoms with Crippen LogP contribution in [-0.4, -0.2) is 79.7 Å². The van der Waals surface area contributed by atoms with Crippen molar-refractivity contribution in [2.24, 2.45) is 5.10 Å². The summed E-state index contributed by atoms with van der Waals surface area (Å²) in [5, 5.41) is 4.28. The molecule has 2 fully saturated rings. The highest BCUT2D eigenvalue weighted by Gasteiger charge is 2.20. The number of carbonyl (C=O) groups excluding carboxylic acids is 1. The van der Waals surface area contributed by atoms with Gasteiger partial charge in [-0.3, -0.25) is 0 Å². The fraction of sp³-hybridized carbons (Fsp3) is 0.348. The Bertz CT molecular complexity index is 1110. The SMILES string of the molecule is O=C(Oc1ccc(/C=N\Nc2nc(N3CCOCC3)nc(N3CCOCC3)n2)cc1)c1ccco1. The van der Waals surface area contributed by atoms with E-state index in [2.05, 4.69) is 35.3 Å². The number of nitrogens with zero attached hydrogens (tertiary/aromatic N) is 6. The molecule has 182 valence electrons. The zero-order valence-electron chi connectivity index (χ0n) is 19.0. The maximum Gasteiger partial charge on any atom is 0.379 e. The molecule has 1 N–H and O–H groups in total. The molecule has 0 unspecified atom stereocenters. The number of anilines is 3. The van der Waals surface area contributed by atoms with Crippen molar-refractivity contribution in [3.63, 3.8) is 0 Å². The lowest BCUT2D eigenvalue weighted by Crippen LogP contribution is -2.40. The monoisotopic (exact) mass is 479 g/mol. The van der Waals surface area contributed by atoms with Gasteiger partial charge in [-0.05, 0) is 42.0 Å². The van der Waals surface area contributed by atoms with Gasteiger partial charge in [-0.1, -0.05) is 0 Å². The second kappa shape index (κ2) is 10.9. The fourth-order valence-corrected chi connectivity index (χ4v) is 3.55. The van der Waals surface area contributed by atoms with E-state index < -0.39 is 5.97 Å². The number of morpholine rings is 2. The third kappa shape index (κ3) is 5.91. The highest BCUT2D eigenvalue weighted by atomic mass is 16.5. The number of esters is 1. The molecule has 2 saturated heterocycles. The lowest BCUT2D eigenvalue weighted by Gasteiger charge is -2.30. The molecule has 12 nitrogen and oxygen atoms in total. The van der Waals surface area contributed by atoms with E-state index in [9.17, 15) is 4.79 Å². The van der Waals surface area contributed by atoms with E-state index in [-0.39, 0.29) is 5.76 Å². The zero-order valence-corrected chi connectivity index (χ0v) is 19.0. The summed E-state index contributed by atoms with van der Waals surface area (Å²) < 4.78 is 21.2. The number of rotatable bonds is 7. The van der Waals surface area contributed by atoms with Crippen LogP contribution in [0.5, 0.6) is 5.75 Å². The van der Waals surface area contributed by atoms with Gasteiger partial charge in [-0.25, -0.2) is 10.2 Å². The third-order valence-corrected chi connectivity index (χ3v) is 5.39. The lowest BCUT2D eigenvalue weighted by atomic mass is 10.2. The molecule has 2 aliphatic rings. The first kappa shape index (κ1) is 22.7. The Kier molecular flexibility index (Phi) is 7.10. The molecule has 0 saturated carbocycles. The van der Waals surface area contributed by atoms with Crippen molar-refractivity contribution in [3.8, 4) is 5.75 Å². The van der Waals surface area contributed by atoms with Crippen molar-refractivity contribution in [3.05, 3.63) is 54.0 Å². The molecular formula is C23H25N7O5. The van der Waals surface area contributed by atoms with E-state index >= 15 is 0 Å². The summed E-state index contributed by atoms with van der Waals surface area (Å²) in [4.78, 5) is 29.9. The Labute approximate surface area is 201 Å². The summed E-state index contributed by atoms with van der Waals surface area (Å²) in [5.41, 5.74) is 3.71. The first-order valence-corrected chi connectivity index (χ1v) is 11.3. The Balaban J connectivity index is 1.26. The van der Waals surface area contributed by atoms with Crippen LogP contribution in [0.25, 0.3) is 0 Å². The number of hydrogen-bond donors (Lipinski definition) is 1. The third-order valence-electron chi connectivity index (χ3n) is 5.39. The predicted molar refractivity (Wildman–Crippen MR) is 127 cm³/mol. The molecule has 0 spiro atoms. The van der Waals surface area contributed by atoms with Gasteiger partial charge in [-0.2, -0.15) is 20.1 Å². The molecular weight excluding hydrogens is 454 g/mol. The minimum absolute atomic E-state index is 0.144. The van der Waals surface area contributed by atoms with Crippen LogP contribution in [0, 0.1) is 0 Å². The second-order valence-electron chi connectivity index (χ2n) is 7.76. The van der Waals surface area contributed by atoms with Gasteiger partial charge >= 0.3 is 5.97 Å². The molecule has 0 amide bonds. The molecule has 35 heavy (non-hydrogen) atoms. The summed E-state index contributed by atoms with van der Waals surface area (Å²) in [7, 11) is 0. The van der Waals surface area contributed by atoms with E-state index in [0.717, 1.165) is 5.56 Å². The quantitative estimate of drug-likeness (QED) is 0.231. The van der Waals surface area contributed by atoms with Crippen LogP contribution < -0.4 is 20.0 Å². The first-order chi connectivity index (χ1) is 17.2. The topological polar surface area (TPSA) is 127 Å². The summed E-state index contributed by atoms with van der Waals surface area (Å²) in [5.74, 6) is 1.52. The van der Waals surface area contributed by atoms with Gasteiger partial charge in [0.15, 0.2) is 0 Å². The Morgan fingerprint density at radius 1 is 0.914 bits per heavy atom. The lowest BCUT2D eigenvalue weighted by molar-refractivity contribution is 0.0701. The summed E-state index contributed by atoms with van der Waals surface area (Å²) in [6.07, 6.45) is 3.05. The van der Waals surface area contributed by atoms with Crippen LogP contribution in [0.1, 0.15) is 16.1 Å². The van der Waals surface area contributed by atoms with Gasteiger partial charge < -0.3 is 28.4 Å². The summed E-state index contributed by atoms with van der Waals surface area (Å²) in [6, 6.07) is 10.1. The maximum atomic E-state index is 12.0. The van der Waals surface area contributed by atoms with E-state index in [4.69, 9.17) is 18.6 Å². The molecule has 5 rings (SSSR count). The van der Waals surface area contributed by atoms with Gasteiger partial charge in [0.25, 0.3) is 0 Å². The van der Waals surface area contributed by atoms with Gasteiger partial charge in [0, 0.05) is 26.2 Å². The maximum absolute atomic E-state index is 12.0. The molecule has 4 heterocycles. The van der Waals surface area contributed by atoms with Crippen LogP contribution in [0.15, 0.2) is 52.2 Å². The van der Waals surface area contributed by atoms with Gasteiger partial charge in [0.2, 0.25) is 23.6 Å². The van der Waals surface area contributed by atoms with Crippen molar-refractivity contribution in [2.45, 2.75) is 0 Å². The summed E-state index contributed by atoms with van der Waals surface area (Å²) in [6.45, 7) is 5.38. The first-order valence-electron chi connectivity index (χ1n) is 11.3. The van der Waals surface area contributed by atoms with Crippen molar-refractivity contribution in [1.82, 2.24) is 15.0 Å². The van der Waals surface area contributed by atoms with Gasteiger partial charge in [-0.15, -0.1) is 0 Å². The number of ether oxygens (including phenoxy) is 3. The highest BCUT2D eigenvalue weighted by Crippen LogP contribution is 2.19. The van der Waals surface area contributed by atoms with Crippen LogP contribution >= 0.6 is 0 Å². The normalized spacial score (nSPS) is 16.5.